The molecule has 0 radical (unpaired) electrons. The quantitative estimate of drug-likeness (QED) is 0.599. The number of carboxylic acid groups (broad SMARTS) is 1. The summed E-state index contributed by atoms with van der Waals surface area (Å²) < 4.78 is 14.7. The number of hydrogen-bond acceptors (Lipinski definition) is 6. The lowest BCUT2D eigenvalue weighted by Crippen LogP contribution is -2.10. The SMILES string of the molecule is COc1cc(OCC(=O)O)c([N+](=O)[O-])cc1OC. The van der Waals surface area contributed by atoms with Gasteiger partial charge in [-0.3, -0.25) is 10.1 Å². The fraction of sp³-hybridized carbons (Fsp3) is 0.300. The Morgan fingerprint density at radius 3 is 2.28 bits per heavy atom. The first-order valence-electron chi connectivity index (χ1n) is 4.74. The van der Waals surface area contributed by atoms with Crippen molar-refractivity contribution in [2.24, 2.45) is 0 Å². The molecule has 0 heterocycles. The Labute approximate surface area is 102 Å². The standard InChI is InChI=1S/C10H11NO7/c1-16-8-3-6(11(14)15)7(4-9(8)17-2)18-5-10(12)13/h3-4H,5H2,1-2H3,(H,12,13). The summed E-state index contributed by atoms with van der Waals surface area (Å²) >= 11 is 0. The smallest absolute Gasteiger partial charge is 0.341 e. The van der Waals surface area contributed by atoms with Crippen LogP contribution in [0.15, 0.2) is 12.1 Å². The lowest BCUT2D eigenvalue weighted by Gasteiger charge is -2.10. The number of methoxy groups -OCH3 is 2. The molecule has 1 N–H and O–H groups in total. The molecule has 1 aromatic rings. The number of aliphatic carboxylic acids is 1. The van der Waals surface area contributed by atoms with E-state index in [9.17, 15) is 14.9 Å². The van der Waals surface area contributed by atoms with E-state index in [1.54, 1.807) is 0 Å². The van der Waals surface area contributed by atoms with Crippen LogP contribution < -0.4 is 14.2 Å². The van der Waals surface area contributed by atoms with Crippen LogP contribution in [0.1, 0.15) is 0 Å². The van der Waals surface area contributed by atoms with E-state index in [0.717, 1.165) is 6.07 Å². The minimum Gasteiger partial charge on any atom is -0.493 e. The van der Waals surface area contributed by atoms with Crippen LogP contribution in [-0.4, -0.2) is 36.8 Å². The summed E-state index contributed by atoms with van der Waals surface area (Å²) in [5.74, 6) is -1.06. The van der Waals surface area contributed by atoms with Gasteiger partial charge in [0.15, 0.2) is 18.1 Å². The Balaban J connectivity index is 3.20. The third-order valence-electron chi connectivity index (χ3n) is 2.01. The van der Waals surface area contributed by atoms with Crippen LogP contribution in [0, 0.1) is 10.1 Å². The highest BCUT2D eigenvalue weighted by Crippen LogP contribution is 2.38. The number of benzene rings is 1. The Morgan fingerprint density at radius 2 is 1.83 bits per heavy atom. The summed E-state index contributed by atoms with van der Waals surface area (Å²) in [6.45, 7) is -0.684. The highest BCUT2D eigenvalue weighted by Gasteiger charge is 2.21. The minimum absolute atomic E-state index is 0.159. The van der Waals surface area contributed by atoms with Crippen LogP contribution in [0.5, 0.6) is 17.2 Å². The number of nitro benzene ring substituents is 1. The molecular weight excluding hydrogens is 246 g/mol. The summed E-state index contributed by atoms with van der Waals surface area (Å²) in [7, 11) is 2.68. The number of nitrogens with zero attached hydrogens (tertiary/aromatic N) is 1. The molecule has 0 aliphatic carbocycles. The maximum atomic E-state index is 10.8. The Morgan fingerprint density at radius 1 is 1.28 bits per heavy atom. The molecule has 18 heavy (non-hydrogen) atoms. The molecule has 0 atom stereocenters. The van der Waals surface area contributed by atoms with Crippen LogP contribution in [0.4, 0.5) is 5.69 Å². The highest BCUT2D eigenvalue weighted by atomic mass is 16.6. The highest BCUT2D eigenvalue weighted by molar-refractivity contribution is 5.69. The summed E-state index contributed by atoms with van der Waals surface area (Å²) in [6.07, 6.45) is 0. The first-order chi connectivity index (χ1) is 8.49. The first kappa shape index (κ1) is 13.6. The van der Waals surface area contributed by atoms with Crippen molar-refractivity contribution in [1.82, 2.24) is 0 Å². The van der Waals surface area contributed by atoms with Gasteiger partial charge in [-0.1, -0.05) is 0 Å². The van der Waals surface area contributed by atoms with Gasteiger partial charge in [0.25, 0.3) is 0 Å². The maximum Gasteiger partial charge on any atom is 0.341 e. The zero-order valence-electron chi connectivity index (χ0n) is 9.71. The fourth-order valence-corrected chi connectivity index (χ4v) is 1.25. The van der Waals surface area contributed by atoms with Gasteiger partial charge in [-0.05, 0) is 0 Å². The molecule has 0 fully saturated rings. The second-order valence-electron chi connectivity index (χ2n) is 3.11. The minimum atomic E-state index is -1.24. The third kappa shape index (κ3) is 3.00. The largest absolute Gasteiger partial charge is 0.493 e. The van der Waals surface area contributed by atoms with Gasteiger partial charge in [0.2, 0.25) is 5.75 Å². The van der Waals surface area contributed by atoms with Gasteiger partial charge < -0.3 is 19.3 Å². The van der Waals surface area contributed by atoms with Crippen LogP contribution >= 0.6 is 0 Å². The van der Waals surface area contributed by atoms with Crippen LogP contribution in [-0.2, 0) is 4.79 Å². The topological polar surface area (TPSA) is 108 Å². The van der Waals surface area contributed by atoms with Gasteiger partial charge in [-0.25, -0.2) is 4.79 Å². The van der Waals surface area contributed by atoms with Crippen LogP contribution in [0.25, 0.3) is 0 Å². The van der Waals surface area contributed by atoms with Gasteiger partial charge in [0.05, 0.1) is 25.2 Å². The molecule has 0 spiro atoms. The molecule has 0 saturated heterocycles. The molecular formula is C10H11NO7. The van der Waals surface area contributed by atoms with Crippen molar-refractivity contribution in [3.05, 3.63) is 22.2 Å². The van der Waals surface area contributed by atoms with Gasteiger partial charge in [0.1, 0.15) is 0 Å². The first-order valence-corrected chi connectivity index (χ1v) is 4.74. The summed E-state index contributed by atoms with van der Waals surface area (Å²) in [5, 5.41) is 19.3. The molecule has 8 nitrogen and oxygen atoms in total. The van der Waals surface area contributed by atoms with E-state index in [0.29, 0.717) is 0 Å². The van der Waals surface area contributed by atoms with E-state index < -0.39 is 23.2 Å². The number of carboxylic acids is 1. The maximum absolute atomic E-state index is 10.8. The molecule has 98 valence electrons. The Hall–Kier alpha value is -2.51. The van der Waals surface area contributed by atoms with E-state index in [-0.39, 0.29) is 17.2 Å². The summed E-state index contributed by atoms with van der Waals surface area (Å²) in [4.78, 5) is 20.5. The molecule has 0 bridgehead atoms. The van der Waals surface area contributed by atoms with Crippen molar-refractivity contribution in [1.29, 1.82) is 0 Å². The lowest BCUT2D eigenvalue weighted by atomic mass is 10.2. The Bertz CT molecular complexity index is 472. The molecule has 0 saturated carbocycles. The third-order valence-corrected chi connectivity index (χ3v) is 2.01. The second kappa shape index (κ2) is 5.71. The van der Waals surface area contributed by atoms with Crippen molar-refractivity contribution >= 4 is 11.7 Å². The lowest BCUT2D eigenvalue weighted by molar-refractivity contribution is -0.385. The summed E-state index contributed by atoms with van der Waals surface area (Å²) in [6, 6.07) is 2.32. The predicted octanol–water partition coefficient (Wildman–Crippen LogP) is 1.08. The monoisotopic (exact) mass is 257 g/mol. The number of nitro groups is 1. The molecule has 0 aliphatic heterocycles. The zero-order chi connectivity index (χ0) is 13.7. The molecule has 1 aromatic carbocycles. The fourth-order valence-electron chi connectivity index (χ4n) is 1.25. The summed E-state index contributed by atoms with van der Waals surface area (Å²) in [5.41, 5.74) is -0.395. The van der Waals surface area contributed by atoms with E-state index in [2.05, 4.69) is 0 Å². The molecule has 0 unspecified atom stereocenters. The number of ether oxygens (including phenoxy) is 3. The van der Waals surface area contributed by atoms with E-state index in [1.165, 1.54) is 20.3 Å². The van der Waals surface area contributed by atoms with Gasteiger partial charge in [0, 0.05) is 6.07 Å². The molecule has 1 rings (SSSR count). The molecule has 0 aliphatic rings. The van der Waals surface area contributed by atoms with Crippen molar-refractivity contribution < 1.29 is 29.0 Å². The van der Waals surface area contributed by atoms with Crippen molar-refractivity contribution in [2.75, 3.05) is 20.8 Å². The number of carbonyl (C=O) groups is 1. The number of rotatable bonds is 6. The Kier molecular flexibility index (Phi) is 4.30. The average molecular weight is 257 g/mol. The molecule has 8 heteroatoms. The second-order valence-corrected chi connectivity index (χ2v) is 3.11. The van der Waals surface area contributed by atoms with Gasteiger partial charge in [-0.2, -0.15) is 0 Å². The van der Waals surface area contributed by atoms with Gasteiger partial charge >= 0.3 is 11.7 Å². The molecule has 0 aromatic heterocycles. The number of hydrogen-bond donors (Lipinski definition) is 1. The van der Waals surface area contributed by atoms with Crippen molar-refractivity contribution in [2.45, 2.75) is 0 Å². The van der Waals surface area contributed by atoms with Crippen LogP contribution in [0.2, 0.25) is 0 Å². The van der Waals surface area contributed by atoms with Crippen LogP contribution in [0.3, 0.4) is 0 Å². The van der Waals surface area contributed by atoms with E-state index in [4.69, 9.17) is 19.3 Å². The average Bonchev–Trinajstić information content (AvgIpc) is 2.34. The predicted molar refractivity (Wildman–Crippen MR) is 59.3 cm³/mol. The normalized spacial score (nSPS) is 9.67. The van der Waals surface area contributed by atoms with E-state index in [1.807, 2.05) is 0 Å². The zero-order valence-corrected chi connectivity index (χ0v) is 9.71. The van der Waals surface area contributed by atoms with Gasteiger partial charge in [-0.15, -0.1) is 0 Å². The van der Waals surface area contributed by atoms with Crippen molar-refractivity contribution in [3.8, 4) is 17.2 Å². The van der Waals surface area contributed by atoms with E-state index >= 15 is 0 Å². The molecule has 0 amide bonds. The van der Waals surface area contributed by atoms with Crippen molar-refractivity contribution in [3.63, 3.8) is 0 Å².